The maximum atomic E-state index is 10.8. The number of aromatic nitrogens is 2. The molecule has 0 spiro atoms. The lowest BCUT2D eigenvalue weighted by molar-refractivity contribution is 0.0994. The van der Waals surface area contributed by atoms with Gasteiger partial charge in [0, 0.05) is 19.8 Å². The van der Waals surface area contributed by atoms with E-state index in [1.165, 1.54) is 0 Å². The zero-order chi connectivity index (χ0) is 13.4. The van der Waals surface area contributed by atoms with Gasteiger partial charge in [0.2, 0.25) is 0 Å². The van der Waals surface area contributed by atoms with E-state index in [1.807, 2.05) is 0 Å². The van der Waals surface area contributed by atoms with E-state index in [9.17, 15) is 4.79 Å². The van der Waals surface area contributed by atoms with Crippen molar-refractivity contribution in [1.29, 1.82) is 0 Å². The predicted molar refractivity (Wildman–Crippen MR) is 69.3 cm³/mol. The second kappa shape index (κ2) is 7.60. The first-order valence-corrected chi connectivity index (χ1v) is 6.04. The van der Waals surface area contributed by atoms with Crippen LogP contribution in [0.2, 0.25) is 0 Å². The molecule has 0 aromatic carbocycles. The molecule has 1 amide bonds. The maximum absolute atomic E-state index is 10.8. The fourth-order valence-corrected chi connectivity index (χ4v) is 1.27. The predicted octanol–water partition coefficient (Wildman–Crippen LogP) is 1.05. The first kappa shape index (κ1) is 14.4. The monoisotopic (exact) mass is 252 g/mol. The van der Waals surface area contributed by atoms with E-state index < -0.39 is 5.91 Å². The summed E-state index contributed by atoms with van der Waals surface area (Å²) in [5.41, 5.74) is 5.23. The molecule has 0 saturated heterocycles. The minimum atomic E-state index is -0.573. The van der Waals surface area contributed by atoms with Gasteiger partial charge in [0.15, 0.2) is 5.69 Å². The van der Waals surface area contributed by atoms with Crippen LogP contribution in [0.25, 0.3) is 0 Å². The van der Waals surface area contributed by atoms with Gasteiger partial charge in [-0.1, -0.05) is 13.8 Å². The van der Waals surface area contributed by atoms with Gasteiger partial charge in [0.05, 0.1) is 0 Å². The van der Waals surface area contributed by atoms with Crippen molar-refractivity contribution in [3.05, 3.63) is 17.8 Å². The fraction of sp³-hybridized carbons (Fsp3) is 0.583. The van der Waals surface area contributed by atoms with Crippen LogP contribution in [0.5, 0.6) is 0 Å². The van der Waals surface area contributed by atoms with E-state index in [2.05, 4.69) is 29.4 Å². The first-order valence-electron chi connectivity index (χ1n) is 6.04. The molecule has 6 nitrogen and oxygen atoms in total. The molecule has 1 aromatic rings. The number of primary amides is 1. The highest BCUT2D eigenvalue weighted by Crippen LogP contribution is 2.01. The number of hydrogen-bond acceptors (Lipinski definition) is 5. The molecule has 1 heterocycles. The van der Waals surface area contributed by atoms with E-state index in [0.717, 1.165) is 26.2 Å². The maximum Gasteiger partial charge on any atom is 0.269 e. The Kier molecular flexibility index (Phi) is 6.07. The number of nitrogens with two attached hydrogens (primary N) is 1. The number of amides is 1. The molecule has 0 saturated carbocycles. The van der Waals surface area contributed by atoms with Gasteiger partial charge in [-0.05, 0) is 24.5 Å². The number of anilines is 1. The van der Waals surface area contributed by atoms with Crippen molar-refractivity contribution in [1.82, 2.24) is 10.2 Å². The molecule has 1 aromatic heterocycles. The van der Waals surface area contributed by atoms with Crippen molar-refractivity contribution < 1.29 is 9.53 Å². The molecular weight excluding hydrogens is 232 g/mol. The first-order chi connectivity index (χ1) is 8.59. The molecular formula is C12H20N4O2. The second-order valence-electron chi connectivity index (χ2n) is 4.42. The van der Waals surface area contributed by atoms with E-state index in [-0.39, 0.29) is 5.69 Å². The van der Waals surface area contributed by atoms with E-state index in [1.54, 1.807) is 12.1 Å². The van der Waals surface area contributed by atoms with Gasteiger partial charge < -0.3 is 15.8 Å². The van der Waals surface area contributed by atoms with Gasteiger partial charge in [0.1, 0.15) is 5.82 Å². The highest BCUT2D eigenvalue weighted by molar-refractivity contribution is 5.90. The third-order valence-electron chi connectivity index (χ3n) is 2.14. The summed E-state index contributed by atoms with van der Waals surface area (Å²) in [5.74, 6) is 0.616. The molecule has 0 atom stereocenters. The SMILES string of the molecule is CC(C)COCCCNc1ccc(C(N)=O)nn1. The molecule has 3 N–H and O–H groups in total. The van der Waals surface area contributed by atoms with E-state index in [0.29, 0.717) is 11.7 Å². The third kappa shape index (κ3) is 5.58. The van der Waals surface area contributed by atoms with Gasteiger partial charge in [-0.25, -0.2) is 0 Å². The normalized spacial score (nSPS) is 10.6. The minimum absolute atomic E-state index is 0.167. The highest BCUT2D eigenvalue weighted by Gasteiger charge is 2.02. The van der Waals surface area contributed by atoms with Crippen molar-refractivity contribution in [3.63, 3.8) is 0 Å². The molecule has 0 bridgehead atoms. The second-order valence-corrected chi connectivity index (χ2v) is 4.42. The molecule has 0 radical (unpaired) electrons. The Bertz CT molecular complexity index is 365. The van der Waals surface area contributed by atoms with Gasteiger partial charge >= 0.3 is 0 Å². The standard InChI is InChI=1S/C12H20N4O2/c1-9(2)8-18-7-3-6-14-11-5-4-10(12(13)17)15-16-11/h4-5,9H,3,6-8H2,1-2H3,(H2,13,17)(H,14,16). The average Bonchev–Trinajstić information content (AvgIpc) is 2.34. The summed E-state index contributed by atoms with van der Waals surface area (Å²) < 4.78 is 5.45. The Labute approximate surface area is 107 Å². The molecule has 18 heavy (non-hydrogen) atoms. The molecule has 1 rings (SSSR count). The molecule has 0 aliphatic rings. The van der Waals surface area contributed by atoms with E-state index >= 15 is 0 Å². The van der Waals surface area contributed by atoms with Crippen LogP contribution in [-0.4, -0.2) is 35.9 Å². The van der Waals surface area contributed by atoms with Crippen LogP contribution in [0.4, 0.5) is 5.82 Å². The Morgan fingerprint density at radius 1 is 1.44 bits per heavy atom. The van der Waals surface area contributed by atoms with Crippen LogP contribution in [0.15, 0.2) is 12.1 Å². The smallest absolute Gasteiger partial charge is 0.269 e. The van der Waals surface area contributed by atoms with Crippen LogP contribution in [0.3, 0.4) is 0 Å². The summed E-state index contributed by atoms with van der Waals surface area (Å²) >= 11 is 0. The third-order valence-corrected chi connectivity index (χ3v) is 2.14. The Morgan fingerprint density at radius 2 is 2.22 bits per heavy atom. The number of ether oxygens (including phenoxy) is 1. The zero-order valence-corrected chi connectivity index (χ0v) is 10.8. The van der Waals surface area contributed by atoms with Crippen molar-refractivity contribution in [2.75, 3.05) is 25.1 Å². The molecule has 6 heteroatoms. The fourth-order valence-electron chi connectivity index (χ4n) is 1.27. The average molecular weight is 252 g/mol. The van der Waals surface area contributed by atoms with Crippen LogP contribution >= 0.6 is 0 Å². The quantitative estimate of drug-likeness (QED) is 0.675. The zero-order valence-electron chi connectivity index (χ0n) is 10.8. The van der Waals surface area contributed by atoms with Crippen LogP contribution in [0.1, 0.15) is 30.8 Å². The lowest BCUT2D eigenvalue weighted by Gasteiger charge is -2.07. The summed E-state index contributed by atoms with van der Waals surface area (Å²) in [6.07, 6.45) is 0.895. The number of nitrogens with one attached hydrogen (secondary N) is 1. The number of nitrogens with zero attached hydrogens (tertiary/aromatic N) is 2. The number of hydrogen-bond donors (Lipinski definition) is 2. The van der Waals surface area contributed by atoms with Crippen molar-refractivity contribution in [3.8, 4) is 0 Å². The molecule has 0 unspecified atom stereocenters. The van der Waals surface area contributed by atoms with Crippen molar-refractivity contribution in [2.24, 2.45) is 11.7 Å². The summed E-state index contributed by atoms with van der Waals surface area (Å²) in [4.78, 5) is 10.8. The topological polar surface area (TPSA) is 90.1 Å². The highest BCUT2D eigenvalue weighted by atomic mass is 16.5. The summed E-state index contributed by atoms with van der Waals surface area (Å²) in [6.45, 7) is 6.50. The Balaban J connectivity index is 2.17. The summed E-state index contributed by atoms with van der Waals surface area (Å²) in [6, 6.07) is 3.23. The van der Waals surface area contributed by atoms with Gasteiger partial charge in [-0.15, -0.1) is 10.2 Å². The molecule has 0 aliphatic heterocycles. The summed E-state index contributed by atoms with van der Waals surface area (Å²) in [5, 5.41) is 10.6. The number of carbonyl (C=O) groups is 1. The number of carbonyl (C=O) groups excluding carboxylic acids is 1. The number of rotatable bonds is 8. The molecule has 0 aliphatic carbocycles. The summed E-state index contributed by atoms with van der Waals surface area (Å²) in [7, 11) is 0. The largest absolute Gasteiger partial charge is 0.381 e. The van der Waals surface area contributed by atoms with Crippen molar-refractivity contribution >= 4 is 11.7 Å². The minimum Gasteiger partial charge on any atom is -0.381 e. The lowest BCUT2D eigenvalue weighted by Crippen LogP contribution is -2.15. The van der Waals surface area contributed by atoms with Gasteiger partial charge in [-0.2, -0.15) is 0 Å². The van der Waals surface area contributed by atoms with Gasteiger partial charge in [0.25, 0.3) is 5.91 Å². The van der Waals surface area contributed by atoms with Crippen LogP contribution in [-0.2, 0) is 4.74 Å². The Morgan fingerprint density at radius 3 is 2.78 bits per heavy atom. The Hall–Kier alpha value is -1.69. The molecule has 100 valence electrons. The van der Waals surface area contributed by atoms with Gasteiger partial charge in [-0.3, -0.25) is 4.79 Å². The van der Waals surface area contributed by atoms with Crippen LogP contribution in [0, 0.1) is 5.92 Å². The lowest BCUT2D eigenvalue weighted by atomic mass is 10.2. The van der Waals surface area contributed by atoms with Crippen LogP contribution < -0.4 is 11.1 Å². The van der Waals surface area contributed by atoms with E-state index in [4.69, 9.17) is 10.5 Å². The van der Waals surface area contributed by atoms with Crippen molar-refractivity contribution in [2.45, 2.75) is 20.3 Å². The molecule has 0 fully saturated rings.